The summed E-state index contributed by atoms with van der Waals surface area (Å²) in [5.41, 5.74) is 2.11. The van der Waals surface area contributed by atoms with Gasteiger partial charge in [0.05, 0.1) is 38.7 Å². The van der Waals surface area contributed by atoms with Crippen molar-refractivity contribution in [2.45, 2.75) is 62.1 Å². The number of hydrogen-bond donors (Lipinski definition) is 2. The van der Waals surface area contributed by atoms with Gasteiger partial charge in [-0.25, -0.2) is 0 Å². The van der Waals surface area contributed by atoms with Gasteiger partial charge in [-0.2, -0.15) is 0 Å². The molecule has 3 aromatic rings. The summed E-state index contributed by atoms with van der Waals surface area (Å²) >= 11 is 0. The van der Waals surface area contributed by atoms with Gasteiger partial charge in [-0.15, -0.1) is 0 Å². The third-order valence-electron chi connectivity index (χ3n) is 10.6. The Labute approximate surface area is 295 Å². The van der Waals surface area contributed by atoms with Crippen molar-refractivity contribution in [2.75, 3.05) is 46.8 Å². The van der Waals surface area contributed by atoms with Crippen molar-refractivity contribution >= 4 is 17.7 Å². The van der Waals surface area contributed by atoms with Crippen molar-refractivity contribution in [1.29, 1.82) is 0 Å². The predicted molar refractivity (Wildman–Crippen MR) is 182 cm³/mol. The van der Waals surface area contributed by atoms with Crippen LogP contribution in [0.1, 0.15) is 55.2 Å². The number of nitrogens with zero attached hydrogens (tertiary/aromatic N) is 3. The van der Waals surface area contributed by atoms with Crippen LogP contribution < -0.4 is 22.3 Å². The molecule has 3 aliphatic heterocycles. The molecule has 0 radical (unpaired) electrons. The topological polar surface area (TPSA) is 89.9 Å². The van der Waals surface area contributed by atoms with Crippen LogP contribution in [0.2, 0.25) is 0 Å². The number of aliphatic hydroxyl groups excluding tert-OH is 1. The first-order valence-corrected chi connectivity index (χ1v) is 17.2. The van der Waals surface area contributed by atoms with Crippen molar-refractivity contribution in [3.8, 4) is 0 Å². The van der Waals surface area contributed by atoms with Crippen molar-refractivity contribution < 1.29 is 41.0 Å². The minimum absolute atomic E-state index is 0. The number of piperidine rings is 1. The molecule has 3 amide bonds. The summed E-state index contributed by atoms with van der Waals surface area (Å²) in [5, 5.41) is 14.0. The van der Waals surface area contributed by atoms with Crippen LogP contribution in [0.3, 0.4) is 0 Å². The Balaban J connectivity index is 0.00000451. The molecular formula is C39H49BrN4O4. The molecule has 3 heterocycles. The van der Waals surface area contributed by atoms with Gasteiger partial charge in [0.15, 0.2) is 0 Å². The van der Waals surface area contributed by atoms with Gasteiger partial charge in [-0.3, -0.25) is 14.4 Å². The third kappa shape index (κ3) is 7.53. The molecule has 0 unspecified atom stereocenters. The fraction of sp³-hybridized carbons (Fsp3) is 0.462. The quantitative estimate of drug-likeness (QED) is 0.255. The van der Waals surface area contributed by atoms with E-state index in [1.807, 2.05) is 54.6 Å². The van der Waals surface area contributed by atoms with E-state index in [2.05, 4.69) is 55.8 Å². The number of likely N-dealkylation sites (tertiary alicyclic amines) is 3. The van der Waals surface area contributed by atoms with E-state index in [1.54, 1.807) is 9.80 Å². The van der Waals surface area contributed by atoms with Crippen LogP contribution in [0.15, 0.2) is 91.0 Å². The van der Waals surface area contributed by atoms with Gasteiger partial charge >= 0.3 is 0 Å². The lowest BCUT2D eigenvalue weighted by atomic mass is 9.67. The van der Waals surface area contributed by atoms with Gasteiger partial charge < -0.3 is 41.7 Å². The van der Waals surface area contributed by atoms with Crippen LogP contribution in [0.4, 0.5) is 0 Å². The van der Waals surface area contributed by atoms with Crippen molar-refractivity contribution in [3.63, 3.8) is 0 Å². The second-order valence-electron chi connectivity index (χ2n) is 14.4. The van der Waals surface area contributed by atoms with Gasteiger partial charge in [0, 0.05) is 38.4 Å². The predicted octanol–water partition coefficient (Wildman–Crippen LogP) is 0.971. The number of benzene rings is 3. The minimum atomic E-state index is -0.817. The SMILES string of the molecule is C[N+]1(C)CCC[C@@H](CNC(=O)[C@H]2CCCN2C(=O)[C@@H]2C[C@@H](O)CN2C(=O)CC(c2ccccc2)(c2ccccc2)c2ccccc2)C1.[Br-]. The molecule has 0 spiro atoms. The first-order chi connectivity index (χ1) is 22.7. The normalized spacial score (nSPS) is 23.7. The van der Waals surface area contributed by atoms with Crippen LogP contribution in [0.5, 0.6) is 0 Å². The van der Waals surface area contributed by atoms with E-state index in [-0.39, 0.29) is 54.1 Å². The van der Waals surface area contributed by atoms with Gasteiger partial charge in [0.25, 0.3) is 0 Å². The molecule has 256 valence electrons. The number of carbonyl (C=O) groups excluding carboxylic acids is 3. The third-order valence-corrected chi connectivity index (χ3v) is 10.6. The maximum Gasteiger partial charge on any atom is 0.246 e. The van der Waals surface area contributed by atoms with E-state index in [0.717, 1.165) is 53.5 Å². The number of hydrogen-bond acceptors (Lipinski definition) is 4. The Morgan fingerprint density at radius 2 is 1.38 bits per heavy atom. The van der Waals surface area contributed by atoms with Crippen molar-refractivity contribution in [3.05, 3.63) is 108 Å². The lowest BCUT2D eigenvalue weighted by Gasteiger charge is -2.38. The largest absolute Gasteiger partial charge is 1.00 e. The number of carbonyl (C=O) groups is 3. The highest BCUT2D eigenvalue weighted by Gasteiger charge is 2.47. The monoisotopic (exact) mass is 716 g/mol. The van der Waals surface area contributed by atoms with E-state index in [1.165, 1.54) is 0 Å². The fourth-order valence-electron chi connectivity index (χ4n) is 8.34. The van der Waals surface area contributed by atoms with Crippen LogP contribution in [-0.4, -0.2) is 102 Å². The van der Waals surface area contributed by atoms with Crippen LogP contribution in [0, 0.1) is 5.92 Å². The molecule has 6 rings (SSSR count). The van der Waals surface area contributed by atoms with Gasteiger partial charge in [0.1, 0.15) is 12.1 Å². The number of nitrogens with one attached hydrogen (secondary N) is 1. The summed E-state index contributed by atoms with van der Waals surface area (Å²) < 4.78 is 0.961. The van der Waals surface area contributed by atoms with E-state index in [4.69, 9.17) is 0 Å². The molecule has 3 aliphatic rings. The number of rotatable bonds is 9. The molecule has 48 heavy (non-hydrogen) atoms. The summed E-state index contributed by atoms with van der Waals surface area (Å²) in [6, 6.07) is 28.7. The first kappa shape index (κ1) is 35.8. The Hall–Kier alpha value is -3.53. The summed E-state index contributed by atoms with van der Waals surface area (Å²) in [6.45, 7) is 3.36. The van der Waals surface area contributed by atoms with Crippen molar-refractivity contribution in [2.24, 2.45) is 5.92 Å². The molecule has 3 saturated heterocycles. The summed E-state index contributed by atoms with van der Waals surface area (Å²) in [6.07, 6.45) is 3.03. The maximum atomic E-state index is 14.6. The molecule has 3 aromatic carbocycles. The fourth-order valence-corrected chi connectivity index (χ4v) is 8.34. The molecule has 0 aromatic heterocycles. The second-order valence-corrected chi connectivity index (χ2v) is 14.4. The molecule has 0 aliphatic carbocycles. The standard InChI is InChI=1S/C39H48N4O4.BrH/c1-43(2)23-13-14-29(28-43)26-40-37(46)34-21-12-22-41(34)38(47)35-24-33(44)27-42(35)36(45)25-39(30-15-6-3-7-16-30,31-17-8-4-9-18-31)32-19-10-5-11-20-32;/h3-11,15-20,29,33-35,44H,12-14,21-28H2,1-2H3;1H/t29-,33+,34+,35-;/m0./s1. The van der Waals surface area contributed by atoms with Crippen LogP contribution in [-0.2, 0) is 19.8 Å². The number of β-amino-alcohol motifs (C(OH)–C–C–N with tert-alkyl or cyclic N) is 1. The molecule has 2 N–H and O–H groups in total. The maximum absolute atomic E-state index is 14.6. The number of quaternary nitrogens is 1. The highest BCUT2D eigenvalue weighted by Crippen LogP contribution is 2.43. The van der Waals surface area contributed by atoms with E-state index >= 15 is 0 Å². The molecule has 8 nitrogen and oxygen atoms in total. The minimum Gasteiger partial charge on any atom is -1.00 e. The number of halogens is 1. The smallest absolute Gasteiger partial charge is 0.246 e. The zero-order chi connectivity index (χ0) is 33.0. The van der Waals surface area contributed by atoms with Crippen LogP contribution in [0.25, 0.3) is 0 Å². The highest BCUT2D eigenvalue weighted by molar-refractivity contribution is 5.93. The second kappa shape index (κ2) is 15.3. The Morgan fingerprint density at radius 3 is 1.92 bits per heavy atom. The zero-order valence-electron chi connectivity index (χ0n) is 28.1. The van der Waals surface area contributed by atoms with E-state index in [0.29, 0.717) is 25.4 Å². The van der Waals surface area contributed by atoms with Gasteiger partial charge in [-0.05, 0) is 42.4 Å². The molecule has 0 saturated carbocycles. The lowest BCUT2D eigenvalue weighted by molar-refractivity contribution is -0.898. The Morgan fingerprint density at radius 1 is 0.812 bits per heavy atom. The average Bonchev–Trinajstić information content (AvgIpc) is 3.74. The summed E-state index contributed by atoms with van der Waals surface area (Å²) in [7, 11) is 4.47. The van der Waals surface area contributed by atoms with Gasteiger partial charge in [0.2, 0.25) is 17.7 Å². The zero-order valence-corrected chi connectivity index (χ0v) is 29.7. The molecule has 3 fully saturated rings. The Kier molecular flexibility index (Phi) is 11.4. The number of amides is 3. The first-order valence-electron chi connectivity index (χ1n) is 17.2. The molecular weight excluding hydrogens is 668 g/mol. The number of aliphatic hydroxyl groups is 1. The molecule has 9 heteroatoms. The summed E-state index contributed by atoms with van der Waals surface area (Å²) in [5.74, 6) is -0.132. The van der Waals surface area contributed by atoms with Crippen molar-refractivity contribution in [1.82, 2.24) is 15.1 Å². The molecule has 4 atom stereocenters. The van der Waals surface area contributed by atoms with Crippen LogP contribution >= 0.6 is 0 Å². The highest BCUT2D eigenvalue weighted by atomic mass is 79.9. The lowest BCUT2D eigenvalue weighted by Crippen LogP contribution is -3.00. The Bertz CT molecular complexity index is 1440. The average molecular weight is 718 g/mol. The van der Waals surface area contributed by atoms with E-state index in [9.17, 15) is 19.5 Å². The van der Waals surface area contributed by atoms with E-state index < -0.39 is 23.6 Å². The summed E-state index contributed by atoms with van der Waals surface area (Å²) in [4.78, 5) is 45.5. The van der Waals surface area contributed by atoms with Gasteiger partial charge in [-0.1, -0.05) is 91.0 Å². The molecule has 0 bridgehead atoms.